The van der Waals surface area contributed by atoms with Gasteiger partial charge in [0.2, 0.25) is 0 Å². The number of rotatable bonds is 0. The molecule has 6 rings (SSSR count). The molecule has 0 heteroatoms. The van der Waals surface area contributed by atoms with Gasteiger partial charge < -0.3 is 0 Å². The molecule has 0 heterocycles. The standard InChI is InChI=1S/C22H34/c1-4-13-10-15-6-2-8-17-12-18-9-3-7-16-11-14(5-1)19(13)22(20(15)17)21(16)18/h13-22H,1-12H2. The van der Waals surface area contributed by atoms with E-state index in [2.05, 4.69) is 0 Å². The van der Waals surface area contributed by atoms with Gasteiger partial charge >= 0.3 is 0 Å². The fourth-order valence-corrected chi connectivity index (χ4v) is 9.71. The Morgan fingerprint density at radius 2 is 0.591 bits per heavy atom. The highest BCUT2D eigenvalue weighted by atomic mass is 14.7. The molecule has 0 aliphatic heterocycles. The van der Waals surface area contributed by atoms with E-state index in [1.54, 1.807) is 77.0 Å². The van der Waals surface area contributed by atoms with E-state index in [1.807, 2.05) is 0 Å². The molecule has 0 N–H and O–H groups in total. The highest BCUT2D eigenvalue weighted by Crippen LogP contribution is 2.68. The van der Waals surface area contributed by atoms with Crippen LogP contribution >= 0.6 is 0 Å². The molecule has 6 fully saturated rings. The van der Waals surface area contributed by atoms with Crippen molar-refractivity contribution in [2.24, 2.45) is 59.2 Å². The normalized spacial score (nSPS) is 62.2. The molecular formula is C22H34. The Labute approximate surface area is 136 Å². The van der Waals surface area contributed by atoms with Crippen molar-refractivity contribution in [1.29, 1.82) is 0 Å². The van der Waals surface area contributed by atoms with Crippen LogP contribution in [0.1, 0.15) is 77.0 Å². The zero-order valence-electron chi connectivity index (χ0n) is 14.3. The maximum Gasteiger partial charge on any atom is -0.0313 e. The fraction of sp³-hybridized carbons (Fsp3) is 1.00. The summed E-state index contributed by atoms with van der Waals surface area (Å²) in [4.78, 5) is 0. The smallest absolute Gasteiger partial charge is 0.0313 e. The average molecular weight is 299 g/mol. The van der Waals surface area contributed by atoms with Crippen molar-refractivity contribution in [2.45, 2.75) is 77.0 Å². The summed E-state index contributed by atoms with van der Waals surface area (Å²) >= 11 is 0. The largest absolute Gasteiger partial charge is 0.0528 e. The monoisotopic (exact) mass is 298 g/mol. The molecule has 6 aliphatic rings. The van der Waals surface area contributed by atoms with E-state index in [0.717, 1.165) is 0 Å². The first-order valence-corrected chi connectivity index (χ1v) is 10.9. The van der Waals surface area contributed by atoms with Gasteiger partial charge in [0.05, 0.1) is 0 Å². The molecule has 22 heavy (non-hydrogen) atoms. The van der Waals surface area contributed by atoms with Crippen molar-refractivity contribution in [3.05, 3.63) is 0 Å². The van der Waals surface area contributed by atoms with Crippen molar-refractivity contribution < 1.29 is 0 Å². The van der Waals surface area contributed by atoms with E-state index in [0.29, 0.717) is 0 Å². The van der Waals surface area contributed by atoms with Crippen LogP contribution in [0.5, 0.6) is 0 Å². The van der Waals surface area contributed by atoms with Crippen LogP contribution in [0.15, 0.2) is 0 Å². The lowest BCUT2D eigenvalue weighted by atomic mass is 9.38. The van der Waals surface area contributed by atoms with Gasteiger partial charge in [-0.15, -0.1) is 0 Å². The minimum atomic E-state index is 1.17. The van der Waals surface area contributed by atoms with E-state index >= 15 is 0 Å². The third-order valence-corrected chi connectivity index (χ3v) is 9.87. The number of hydrogen-bond donors (Lipinski definition) is 0. The molecule has 0 radical (unpaired) electrons. The lowest BCUT2D eigenvalue weighted by Crippen LogP contribution is -2.60. The molecule has 122 valence electrons. The Morgan fingerprint density at radius 1 is 0.318 bits per heavy atom. The summed E-state index contributed by atoms with van der Waals surface area (Å²) in [6.45, 7) is 0. The molecule has 6 saturated carbocycles. The van der Waals surface area contributed by atoms with Gasteiger partial charge in [-0.25, -0.2) is 0 Å². The van der Waals surface area contributed by atoms with Crippen molar-refractivity contribution in [3.63, 3.8) is 0 Å². The molecule has 6 unspecified atom stereocenters. The SMILES string of the molecule is C1CC2CC3CCCC4CC5CCCC6CC(C1)C2C(C34)C65. The van der Waals surface area contributed by atoms with Crippen LogP contribution in [0, 0.1) is 59.2 Å². The summed E-state index contributed by atoms with van der Waals surface area (Å²) in [5.41, 5.74) is 0. The van der Waals surface area contributed by atoms with E-state index in [9.17, 15) is 0 Å². The minimum Gasteiger partial charge on any atom is -0.0528 e. The van der Waals surface area contributed by atoms with Crippen LogP contribution in [0.2, 0.25) is 0 Å². The zero-order valence-corrected chi connectivity index (χ0v) is 14.3. The van der Waals surface area contributed by atoms with Crippen LogP contribution in [-0.4, -0.2) is 0 Å². The first-order valence-electron chi connectivity index (χ1n) is 10.9. The van der Waals surface area contributed by atoms with Crippen LogP contribution in [0.4, 0.5) is 0 Å². The van der Waals surface area contributed by atoms with Crippen LogP contribution < -0.4 is 0 Å². The second-order valence-electron chi connectivity index (χ2n) is 10.4. The molecular weight excluding hydrogens is 264 g/mol. The van der Waals surface area contributed by atoms with Gasteiger partial charge in [0.15, 0.2) is 0 Å². The van der Waals surface area contributed by atoms with Crippen LogP contribution in [-0.2, 0) is 0 Å². The van der Waals surface area contributed by atoms with Crippen molar-refractivity contribution in [2.75, 3.05) is 0 Å². The van der Waals surface area contributed by atoms with E-state index in [4.69, 9.17) is 0 Å². The van der Waals surface area contributed by atoms with Gasteiger partial charge in [-0.05, 0) is 78.4 Å². The lowest BCUT2D eigenvalue weighted by Gasteiger charge is -2.67. The molecule has 0 amide bonds. The van der Waals surface area contributed by atoms with Gasteiger partial charge in [0, 0.05) is 0 Å². The fourth-order valence-electron chi connectivity index (χ4n) is 9.71. The Balaban J connectivity index is 1.46. The molecule has 0 nitrogen and oxygen atoms in total. The Bertz CT molecular complexity index is 356. The molecule has 0 aromatic carbocycles. The number of hydrogen-bond acceptors (Lipinski definition) is 0. The highest BCUT2D eigenvalue weighted by Gasteiger charge is 2.61. The second-order valence-corrected chi connectivity index (χ2v) is 10.4. The molecule has 0 bridgehead atoms. The van der Waals surface area contributed by atoms with Gasteiger partial charge in [-0.1, -0.05) is 57.8 Å². The molecule has 0 spiro atoms. The van der Waals surface area contributed by atoms with Crippen molar-refractivity contribution >= 4 is 0 Å². The highest BCUT2D eigenvalue weighted by molar-refractivity contribution is 5.10. The molecule has 0 aromatic rings. The molecule has 6 atom stereocenters. The van der Waals surface area contributed by atoms with Crippen molar-refractivity contribution in [1.82, 2.24) is 0 Å². The van der Waals surface area contributed by atoms with E-state index in [-0.39, 0.29) is 0 Å². The van der Waals surface area contributed by atoms with Gasteiger partial charge in [-0.2, -0.15) is 0 Å². The maximum atomic E-state index is 1.67. The first kappa shape index (κ1) is 13.3. The first-order chi connectivity index (χ1) is 10.9. The molecule has 0 saturated heterocycles. The topological polar surface area (TPSA) is 0 Å². The Kier molecular flexibility index (Phi) is 2.88. The van der Waals surface area contributed by atoms with Crippen LogP contribution in [0.3, 0.4) is 0 Å². The van der Waals surface area contributed by atoms with E-state index < -0.39 is 0 Å². The summed E-state index contributed by atoms with van der Waals surface area (Å²) in [6.07, 6.45) is 19.5. The summed E-state index contributed by atoms with van der Waals surface area (Å²) < 4.78 is 0. The average Bonchev–Trinajstić information content (AvgIpc) is 2.55. The second kappa shape index (κ2) is 4.76. The summed E-state index contributed by atoms with van der Waals surface area (Å²) in [6, 6.07) is 0. The van der Waals surface area contributed by atoms with Crippen molar-refractivity contribution in [3.8, 4) is 0 Å². The summed E-state index contributed by atoms with van der Waals surface area (Å²) in [5.74, 6) is 11.9. The maximum absolute atomic E-state index is 1.67. The predicted molar refractivity (Wildman–Crippen MR) is 90.3 cm³/mol. The third kappa shape index (κ3) is 1.66. The lowest BCUT2D eigenvalue weighted by molar-refractivity contribution is -0.183. The summed E-state index contributed by atoms with van der Waals surface area (Å²) in [7, 11) is 0. The Hall–Kier alpha value is 0. The zero-order chi connectivity index (χ0) is 14.3. The van der Waals surface area contributed by atoms with Gasteiger partial charge in [-0.3, -0.25) is 0 Å². The van der Waals surface area contributed by atoms with Crippen LogP contribution in [0.25, 0.3) is 0 Å². The minimum absolute atomic E-state index is 1.17. The third-order valence-electron chi connectivity index (χ3n) is 9.87. The quantitative estimate of drug-likeness (QED) is 0.521. The van der Waals surface area contributed by atoms with Gasteiger partial charge in [0.25, 0.3) is 0 Å². The van der Waals surface area contributed by atoms with E-state index in [1.165, 1.54) is 59.2 Å². The molecule has 0 aromatic heterocycles. The predicted octanol–water partition coefficient (Wildman–Crippen LogP) is 5.91. The van der Waals surface area contributed by atoms with Gasteiger partial charge in [0.1, 0.15) is 0 Å². The Morgan fingerprint density at radius 3 is 0.864 bits per heavy atom. The molecule has 6 aliphatic carbocycles. The summed E-state index contributed by atoms with van der Waals surface area (Å²) in [5, 5.41) is 0.